The first-order valence-corrected chi connectivity index (χ1v) is 7.19. The molecule has 0 bridgehead atoms. The molecule has 0 aromatic heterocycles. The van der Waals surface area contributed by atoms with Gasteiger partial charge in [-0.25, -0.2) is 0 Å². The molecule has 118 valence electrons. The molecule has 3 aromatic rings. The van der Waals surface area contributed by atoms with Crippen LogP contribution >= 0.6 is 0 Å². The summed E-state index contributed by atoms with van der Waals surface area (Å²) in [6, 6.07) is 18.9. The van der Waals surface area contributed by atoms with E-state index in [-0.39, 0.29) is 16.7 Å². The minimum absolute atomic E-state index is 0.00000604. The summed E-state index contributed by atoms with van der Waals surface area (Å²) in [7, 11) is 0. The Morgan fingerprint density at radius 1 is 1.00 bits per heavy atom. The fraction of sp³-hybridized carbons (Fsp3) is 0. The second-order valence-corrected chi connectivity index (χ2v) is 5.20. The van der Waals surface area contributed by atoms with Crippen molar-refractivity contribution in [3.05, 3.63) is 71.8 Å². The van der Waals surface area contributed by atoms with Crippen molar-refractivity contribution in [1.82, 2.24) is 0 Å². The minimum Gasteiger partial charge on any atom is -0.872 e. The van der Waals surface area contributed by atoms with E-state index in [1.807, 2.05) is 24.3 Å². The van der Waals surface area contributed by atoms with Gasteiger partial charge in [0, 0.05) is 0 Å². The third-order valence-corrected chi connectivity index (χ3v) is 3.75. The number of nitriles is 1. The quantitative estimate of drug-likeness (QED) is 0.438. The van der Waals surface area contributed by atoms with E-state index in [0.717, 1.165) is 10.8 Å². The predicted molar refractivity (Wildman–Crippen MR) is 89.4 cm³/mol. The largest absolute Gasteiger partial charge is 0.872 e. The van der Waals surface area contributed by atoms with E-state index >= 15 is 0 Å². The van der Waals surface area contributed by atoms with Crippen LogP contribution in [-0.4, -0.2) is 10.4 Å². The number of fused-ring (bicyclic) bond motifs is 1. The second-order valence-electron chi connectivity index (χ2n) is 5.20. The Kier molecular flexibility index (Phi) is 4.17. The van der Waals surface area contributed by atoms with Gasteiger partial charge in [0.2, 0.25) is 0 Å². The highest BCUT2D eigenvalue weighted by Crippen LogP contribution is 2.30. The van der Waals surface area contributed by atoms with Crippen LogP contribution in [0.3, 0.4) is 0 Å². The van der Waals surface area contributed by atoms with Crippen molar-refractivity contribution in [1.29, 1.82) is 5.26 Å². The maximum atomic E-state index is 12.2. The Morgan fingerprint density at radius 2 is 1.71 bits per heavy atom. The normalized spacial score (nSPS) is 11.3. The van der Waals surface area contributed by atoms with Crippen molar-refractivity contribution in [2.24, 2.45) is 0 Å². The van der Waals surface area contributed by atoms with Crippen LogP contribution in [0.5, 0.6) is 5.75 Å². The van der Waals surface area contributed by atoms with Crippen molar-refractivity contribution in [2.45, 2.75) is 0 Å². The van der Waals surface area contributed by atoms with Crippen LogP contribution < -0.4 is 10.3 Å². The molecule has 0 amide bonds. The van der Waals surface area contributed by atoms with Crippen molar-refractivity contribution < 1.29 is 15.5 Å². The number of hydrogen-bond donors (Lipinski definition) is 2. The van der Waals surface area contributed by atoms with Crippen LogP contribution in [-0.2, 0) is 0 Å². The predicted octanol–water partition coefficient (Wildman–Crippen LogP) is 3.56. The Balaban J connectivity index is 2.12. The molecule has 0 atom stereocenters. The SMILES string of the molecule is N#C/C(=C/c1c([O-])ccc2ccccc12)c1ccc(N(O)O)cc1. The molecule has 0 heterocycles. The molecule has 0 fully saturated rings. The Bertz CT molecular complexity index is 955. The zero-order chi connectivity index (χ0) is 17.1. The van der Waals surface area contributed by atoms with Crippen LogP contribution in [0.1, 0.15) is 11.1 Å². The molecule has 5 heteroatoms. The number of allylic oxidation sites excluding steroid dienone is 1. The molecule has 0 aliphatic carbocycles. The van der Waals surface area contributed by atoms with Gasteiger partial charge in [0.25, 0.3) is 0 Å². The Hall–Kier alpha value is -3.33. The smallest absolute Gasteiger partial charge is 0.0998 e. The molecule has 0 saturated carbocycles. The number of nitrogens with zero attached hydrogens (tertiary/aromatic N) is 2. The second kappa shape index (κ2) is 6.42. The average Bonchev–Trinajstić information content (AvgIpc) is 2.61. The molecule has 0 aliphatic rings. The fourth-order valence-corrected chi connectivity index (χ4v) is 2.52. The lowest BCUT2D eigenvalue weighted by Gasteiger charge is -2.14. The van der Waals surface area contributed by atoms with Crippen molar-refractivity contribution >= 4 is 28.1 Å². The van der Waals surface area contributed by atoms with Crippen molar-refractivity contribution in [3.8, 4) is 11.8 Å². The maximum absolute atomic E-state index is 12.2. The summed E-state index contributed by atoms with van der Waals surface area (Å²) in [5.41, 5.74) is 1.53. The summed E-state index contributed by atoms with van der Waals surface area (Å²) < 4.78 is 0. The molecule has 3 aromatic carbocycles. The lowest BCUT2D eigenvalue weighted by Crippen LogP contribution is -2.10. The van der Waals surface area contributed by atoms with E-state index in [1.165, 1.54) is 18.2 Å². The molecular formula is C19H13N2O3-. The molecule has 0 unspecified atom stereocenters. The van der Waals surface area contributed by atoms with Gasteiger partial charge >= 0.3 is 0 Å². The lowest BCUT2D eigenvalue weighted by atomic mass is 9.98. The van der Waals surface area contributed by atoms with Gasteiger partial charge in [0.1, 0.15) is 0 Å². The van der Waals surface area contributed by atoms with Gasteiger partial charge in [-0.2, -0.15) is 5.26 Å². The van der Waals surface area contributed by atoms with Crippen LogP contribution in [0.15, 0.2) is 60.7 Å². The number of rotatable bonds is 3. The molecule has 0 radical (unpaired) electrons. The van der Waals surface area contributed by atoms with Crippen molar-refractivity contribution in [2.75, 3.05) is 5.23 Å². The first kappa shape index (κ1) is 15.6. The van der Waals surface area contributed by atoms with Crippen LogP contribution in [0.2, 0.25) is 0 Å². The highest BCUT2D eigenvalue weighted by molar-refractivity contribution is 6.00. The van der Waals surface area contributed by atoms with Gasteiger partial charge in [-0.05, 0) is 40.1 Å². The van der Waals surface area contributed by atoms with Crippen LogP contribution in [0.4, 0.5) is 5.69 Å². The molecule has 0 saturated heterocycles. The third kappa shape index (κ3) is 2.92. The van der Waals surface area contributed by atoms with E-state index in [1.54, 1.807) is 24.3 Å². The molecule has 5 nitrogen and oxygen atoms in total. The van der Waals surface area contributed by atoms with Gasteiger partial charge in [-0.1, -0.05) is 48.5 Å². The topological polar surface area (TPSA) is 90.5 Å². The number of anilines is 1. The standard InChI is InChI=1S/C19H14N2O3/c20-12-15(13-5-8-16(9-6-13)21(23)24)11-18-17-4-2-1-3-14(17)7-10-19(18)22/h1-11,22-24H/p-1/b15-11-. The van der Waals surface area contributed by atoms with Gasteiger partial charge in [-0.3, -0.25) is 10.4 Å². The molecule has 0 aliphatic heterocycles. The monoisotopic (exact) mass is 317 g/mol. The summed E-state index contributed by atoms with van der Waals surface area (Å²) in [4.78, 5) is 0. The lowest BCUT2D eigenvalue weighted by molar-refractivity contribution is -0.268. The minimum atomic E-state index is -0.157. The maximum Gasteiger partial charge on any atom is 0.0998 e. The summed E-state index contributed by atoms with van der Waals surface area (Å²) in [5, 5.41) is 41.3. The van der Waals surface area contributed by atoms with E-state index in [2.05, 4.69) is 6.07 Å². The first-order valence-electron chi connectivity index (χ1n) is 7.19. The molecular weight excluding hydrogens is 304 g/mol. The average molecular weight is 317 g/mol. The first-order chi connectivity index (χ1) is 11.6. The van der Waals surface area contributed by atoms with Gasteiger partial charge in [0.15, 0.2) is 0 Å². The van der Waals surface area contributed by atoms with Crippen molar-refractivity contribution in [3.63, 3.8) is 0 Å². The molecule has 0 spiro atoms. The Labute approximate surface area is 138 Å². The zero-order valence-corrected chi connectivity index (χ0v) is 12.5. The number of benzene rings is 3. The highest BCUT2D eigenvalue weighted by Gasteiger charge is 2.06. The zero-order valence-electron chi connectivity index (χ0n) is 12.5. The van der Waals surface area contributed by atoms with Gasteiger partial charge < -0.3 is 5.11 Å². The molecule has 2 N–H and O–H groups in total. The summed E-state index contributed by atoms with van der Waals surface area (Å²) >= 11 is 0. The van der Waals surface area contributed by atoms with Crippen LogP contribution in [0.25, 0.3) is 22.4 Å². The van der Waals surface area contributed by atoms with E-state index in [9.17, 15) is 10.4 Å². The molecule has 24 heavy (non-hydrogen) atoms. The van der Waals surface area contributed by atoms with Gasteiger partial charge in [0.05, 0.1) is 17.3 Å². The Morgan fingerprint density at radius 3 is 2.38 bits per heavy atom. The highest BCUT2D eigenvalue weighted by atomic mass is 16.8. The van der Waals surface area contributed by atoms with Gasteiger partial charge in [-0.15, -0.1) is 11.0 Å². The van der Waals surface area contributed by atoms with Crippen LogP contribution in [0, 0.1) is 11.3 Å². The molecule has 3 rings (SSSR count). The summed E-state index contributed by atoms with van der Waals surface area (Å²) in [5.74, 6) is -0.157. The number of hydrogen-bond acceptors (Lipinski definition) is 5. The van der Waals surface area contributed by atoms with E-state index < -0.39 is 0 Å². The van der Waals surface area contributed by atoms with E-state index in [0.29, 0.717) is 16.7 Å². The third-order valence-electron chi connectivity index (χ3n) is 3.75. The van der Waals surface area contributed by atoms with E-state index in [4.69, 9.17) is 10.4 Å². The summed E-state index contributed by atoms with van der Waals surface area (Å²) in [6.07, 6.45) is 1.56. The fourth-order valence-electron chi connectivity index (χ4n) is 2.52. The summed E-state index contributed by atoms with van der Waals surface area (Å²) in [6.45, 7) is 0.